The molecule has 0 aromatic heterocycles. The number of hydrogen-bond acceptors (Lipinski definition) is 6. The molecular weight excluding hydrogens is 260 g/mol. The molecule has 0 atom stereocenters. The van der Waals surface area contributed by atoms with Gasteiger partial charge in [-0.3, -0.25) is 4.55 Å². The molecule has 18 heavy (non-hydrogen) atoms. The van der Waals surface area contributed by atoms with Crippen LogP contribution < -0.4 is 11.5 Å². The van der Waals surface area contributed by atoms with Crippen molar-refractivity contribution >= 4 is 10.1 Å². The van der Waals surface area contributed by atoms with Crippen LogP contribution in [0.25, 0.3) is 0 Å². The number of rotatable bonds is 3. The van der Waals surface area contributed by atoms with Gasteiger partial charge in [-0.15, -0.1) is 0 Å². The van der Waals surface area contributed by atoms with E-state index in [1.165, 1.54) is 0 Å². The fraction of sp³-hybridized carbons (Fsp3) is 0.200. The molecule has 0 aliphatic heterocycles. The minimum absolute atomic E-state index is 0.0335. The van der Waals surface area contributed by atoms with Gasteiger partial charge in [-0.25, -0.2) is 0 Å². The summed E-state index contributed by atoms with van der Waals surface area (Å²) in [6, 6.07) is 1.79. The van der Waals surface area contributed by atoms with Crippen LogP contribution in [0.2, 0.25) is 0 Å². The highest BCUT2D eigenvalue weighted by molar-refractivity contribution is 7.85. The normalized spacial score (nSPS) is 11.2. The van der Waals surface area contributed by atoms with E-state index in [-0.39, 0.29) is 17.8 Å². The lowest BCUT2D eigenvalue weighted by Crippen LogP contribution is -2.12. The predicted octanol–water partition coefficient (Wildman–Crippen LogP) is 0.0359. The van der Waals surface area contributed by atoms with Crippen LogP contribution in [0.3, 0.4) is 0 Å². The maximum Gasteiger partial charge on any atom is 0.294 e. The molecule has 0 heterocycles. The van der Waals surface area contributed by atoms with Crippen LogP contribution in [-0.2, 0) is 16.5 Å². The van der Waals surface area contributed by atoms with E-state index in [9.17, 15) is 18.6 Å². The summed E-state index contributed by atoms with van der Waals surface area (Å²) in [5.74, 6) is -1.10. The van der Waals surface area contributed by atoms with Crippen LogP contribution in [0.5, 0.6) is 11.5 Å². The first-order valence-corrected chi connectivity index (χ1v) is 6.30. The molecule has 0 fully saturated rings. The molecule has 7 N–H and O–H groups in total. The van der Waals surface area contributed by atoms with Crippen molar-refractivity contribution in [3.8, 4) is 11.5 Å². The van der Waals surface area contributed by atoms with Gasteiger partial charge in [-0.2, -0.15) is 8.42 Å². The lowest BCUT2D eigenvalue weighted by molar-refractivity contribution is 0.397. The van der Waals surface area contributed by atoms with Gasteiger partial charge >= 0.3 is 0 Å². The summed E-state index contributed by atoms with van der Waals surface area (Å²) in [5, 5.41) is 19.0. The van der Waals surface area contributed by atoms with Crippen molar-refractivity contribution in [2.45, 2.75) is 18.2 Å². The molecule has 0 spiro atoms. The van der Waals surface area contributed by atoms with Crippen molar-refractivity contribution in [1.82, 2.24) is 0 Å². The molecule has 1 aromatic rings. The number of benzene rings is 1. The van der Waals surface area contributed by atoms with Gasteiger partial charge in [-0.05, 0) is 18.6 Å². The Balaban J connectivity index is 3.37. The Bertz CT molecular complexity index is 603. The Morgan fingerprint density at radius 2 is 1.83 bits per heavy atom. The van der Waals surface area contributed by atoms with Crippen LogP contribution in [0.1, 0.15) is 12.5 Å². The zero-order valence-electron chi connectivity index (χ0n) is 9.58. The van der Waals surface area contributed by atoms with Gasteiger partial charge in [0.15, 0.2) is 11.5 Å². The fourth-order valence-corrected chi connectivity index (χ4v) is 1.87. The number of hydrogen-bond donors (Lipinski definition) is 5. The van der Waals surface area contributed by atoms with E-state index in [0.717, 1.165) is 12.1 Å². The van der Waals surface area contributed by atoms with Gasteiger partial charge in [0.05, 0.1) is 10.7 Å². The van der Waals surface area contributed by atoms with Crippen molar-refractivity contribution < 1.29 is 23.2 Å². The highest BCUT2D eigenvalue weighted by Crippen LogP contribution is 2.33. The molecule has 8 heteroatoms. The third-order valence-electron chi connectivity index (χ3n) is 2.39. The summed E-state index contributed by atoms with van der Waals surface area (Å²) < 4.78 is 30.8. The van der Waals surface area contributed by atoms with Crippen LogP contribution in [0.15, 0.2) is 28.4 Å². The SMILES string of the molecule is CC(Cc1cc(S(=O)(=O)O)cc(O)c1O)=C(N)N. The third kappa shape index (κ3) is 3.05. The fourth-order valence-electron chi connectivity index (χ4n) is 1.32. The summed E-state index contributed by atoms with van der Waals surface area (Å²) in [6.45, 7) is 1.59. The minimum atomic E-state index is -4.47. The Kier molecular flexibility index (Phi) is 3.73. The van der Waals surface area contributed by atoms with Crippen LogP contribution in [0.4, 0.5) is 0 Å². The first kappa shape index (κ1) is 14.1. The van der Waals surface area contributed by atoms with Crippen LogP contribution >= 0.6 is 0 Å². The van der Waals surface area contributed by atoms with Gasteiger partial charge in [0.25, 0.3) is 10.1 Å². The highest BCUT2D eigenvalue weighted by Gasteiger charge is 2.17. The van der Waals surface area contributed by atoms with Crippen molar-refractivity contribution in [3.05, 3.63) is 29.1 Å². The van der Waals surface area contributed by atoms with E-state index in [4.69, 9.17) is 16.0 Å². The Hall–Kier alpha value is -1.93. The highest BCUT2D eigenvalue weighted by atomic mass is 32.2. The van der Waals surface area contributed by atoms with E-state index in [2.05, 4.69) is 0 Å². The summed E-state index contributed by atoms with van der Waals surface area (Å²) in [6.07, 6.45) is 0.0467. The van der Waals surface area contributed by atoms with Gasteiger partial charge in [0, 0.05) is 18.1 Å². The van der Waals surface area contributed by atoms with E-state index < -0.39 is 26.5 Å². The van der Waals surface area contributed by atoms with Gasteiger partial charge in [-0.1, -0.05) is 0 Å². The van der Waals surface area contributed by atoms with Crippen LogP contribution in [-0.4, -0.2) is 23.2 Å². The molecule has 1 aromatic carbocycles. The predicted molar refractivity (Wildman–Crippen MR) is 64.4 cm³/mol. The second-order valence-electron chi connectivity index (χ2n) is 3.84. The van der Waals surface area contributed by atoms with Gasteiger partial charge < -0.3 is 21.7 Å². The molecule has 0 saturated carbocycles. The first-order valence-electron chi connectivity index (χ1n) is 4.86. The number of nitrogens with two attached hydrogens (primary N) is 2. The molecular formula is C10H14N2O5S. The lowest BCUT2D eigenvalue weighted by Gasteiger charge is -2.09. The van der Waals surface area contributed by atoms with Gasteiger partial charge in [0.1, 0.15) is 0 Å². The van der Waals surface area contributed by atoms with Crippen molar-refractivity contribution in [2.24, 2.45) is 11.5 Å². The quantitative estimate of drug-likeness (QED) is 0.386. The molecule has 100 valence electrons. The second-order valence-corrected chi connectivity index (χ2v) is 5.26. The molecule has 0 aliphatic carbocycles. The summed E-state index contributed by atoms with van der Waals surface area (Å²) in [4.78, 5) is -0.517. The molecule has 0 amide bonds. The minimum Gasteiger partial charge on any atom is -0.504 e. The van der Waals surface area contributed by atoms with E-state index in [1.807, 2.05) is 0 Å². The lowest BCUT2D eigenvalue weighted by atomic mass is 10.0. The largest absolute Gasteiger partial charge is 0.504 e. The van der Waals surface area contributed by atoms with Gasteiger partial charge in [0.2, 0.25) is 0 Å². The molecule has 0 bridgehead atoms. The Morgan fingerprint density at radius 1 is 1.28 bits per heavy atom. The monoisotopic (exact) mass is 274 g/mol. The maximum absolute atomic E-state index is 11.0. The Morgan fingerprint density at radius 3 is 2.28 bits per heavy atom. The van der Waals surface area contributed by atoms with Crippen molar-refractivity contribution in [1.29, 1.82) is 0 Å². The zero-order chi connectivity index (χ0) is 14.1. The molecule has 1 rings (SSSR count). The Labute approximate surface area is 104 Å². The molecule has 0 aliphatic rings. The van der Waals surface area contributed by atoms with E-state index in [1.54, 1.807) is 6.92 Å². The number of allylic oxidation sites excluding steroid dienone is 1. The summed E-state index contributed by atoms with van der Waals surface area (Å²) in [5.41, 5.74) is 11.3. The maximum atomic E-state index is 11.0. The number of phenols is 2. The van der Waals surface area contributed by atoms with E-state index >= 15 is 0 Å². The number of phenolic OH excluding ortho intramolecular Hbond substituents is 2. The summed E-state index contributed by atoms with van der Waals surface area (Å²) >= 11 is 0. The average molecular weight is 274 g/mol. The van der Waals surface area contributed by atoms with Crippen molar-refractivity contribution in [2.75, 3.05) is 0 Å². The standard InChI is InChI=1S/C10H14N2O5S/c1-5(10(11)12)2-6-3-7(18(15,16)17)4-8(13)9(6)14/h3-4,13-14H,2,11-12H2,1H3,(H,15,16,17). The molecule has 7 nitrogen and oxygen atoms in total. The molecule has 0 radical (unpaired) electrons. The number of aromatic hydroxyl groups is 2. The van der Waals surface area contributed by atoms with Crippen molar-refractivity contribution in [3.63, 3.8) is 0 Å². The zero-order valence-corrected chi connectivity index (χ0v) is 10.4. The third-order valence-corrected chi connectivity index (χ3v) is 3.22. The molecule has 0 unspecified atom stereocenters. The average Bonchev–Trinajstić information content (AvgIpc) is 2.22. The van der Waals surface area contributed by atoms with E-state index in [0.29, 0.717) is 5.57 Å². The second kappa shape index (κ2) is 4.75. The molecule has 0 saturated heterocycles. The smallest absolute Gasteiger partial charge is 0.294 e. The topological polar surface area (TPSA) is 147 Å². The first-order chi connectivity index (χ1) is 8.12. The summed E-state index contributed by atoms with van der Waals surface area (Å²) in [7, 11) is -4.47. The van der Waals surface area contributed by atoms with Crippen LogP contribution in [0, 0.1) is 0 Å².